The van der Waals surface area contributed by atoms with Gasteiger partial charge in [0.2, 0.25) is 5.91 Å². The highest BCUT2D eigenvalue weighted by molar-refractivity contribution is 9.10. The topological polar surface area (TPSA) is 58.6 Å². The van der Waals surface area contributed by atoms with Gasteiger partial charge in [0.15, 0.2) is 6.61 Å². The zero-order valence-electron chi connectivity index (χ0n) is 18.4. The molecule has 172 valence electrons. The van der Waals surface area contributed by atoms with Gasteiger partial charge in [0, 0.05) is 17.1 Å². The Morgan fingerprint density at radius 1 is 1.16 bits per heavy atom. The summed E-state index contributed by atoms with van der Waals surface area (Å²) in [6.07, 6.45) is 6.16. The first kappa shape index (κ1) is 24.6. The van der Waals surface area contributed by atoms with Crippen LogP contribution < -0.4 is 10.1 Å². The van der Waals surface area contributed by atoms with Crippen LogP contribution in [0.3, 0.4) is 0 Å². The predicted molar refractivity (Wildman–Crippen MR) is 131 cm³/mol. The number of rotatable bonds is 9. The third kappa shape index (κ3) is 7.24. The predicted octanol–water partition coefficient (Wildman–Crippen LogP) is 5.39. The van der Waals surface area contributed by atoms with Crippen LogP contribution in [0.15, 0.2) is 53.0 Å². The minimum Gasteiger partial charge on any atom is -0.482 e. The molecule has 0 heterocycles. The van der Waals surface area contributed by atoms with Crippen LogP contribution in [0.1, 0.15) is 44.6 Å². The average Bonchev–Trinajstić information content (AvgIpc) is 2.80. The van der Waals surface area contributed by atoms with Gasteiger partial charge in [-0.05, 0) is 49.9 Å². The summed E-state index contributed by atoms with van der Waals surface area (Å²) in [5.41, 5.74) is 1.11. The van der Waals surface area contributed by atoms with Crippen LogP contribution in [0, 0.1) is 0 Å². The molecule has 1 atom stereocenters. The van der Waals surface area contributed by atoms with Crippen molar-refractivity contribution in [2.75, 3.05) is 13.2 Å². The number of carbonyl (C=O) groups is 2. The normalized spacial score (nSPS) is 15.1. The van der Waals surface area contributed by atoms with Gasteiger partial charge in [-0.15, -0.1) is 0 Å². The molecule has 0 aromatic heterocycles. The van der Waals surface area contributed by atoms with Gasteiger partial charge < -0.3 is 15.0 Å². The largest absolute Gasteiger partial charge is 0.482 e. The summed E-state index contributed by atoms with van der Waals surface area (Å²) in [7, 11) is 0. The molecule has 0 saturated heterocycles. The summed E-state index contributed by atoms with van der Waals surface area (Å²) in [6.45, 7) is 2.03. The first-order chi connectivity index (χ1) is 15.4. The Morgan fingerprint density at radius 2 is 1.88 bits per heavy atom. The van der Waals surface area contributed by atoms with Gasteiger partial charge in [0.1, 0.15) is 11.8 Å². The molecule has 0 bridgehead atoms. The lowest BCUT2D eigenvalue weighted by molar-refractivity contribution is -0.141. The summed E-state index contributed by atoms with van der Waals surface area (Å²) >= 11 is 9.57. The van der Waals surface area contributed by atoms with Crippen molar-refractivity contribution in [3.05, 3.63) is 63.6 Å². The number of amides is 2. The van der Waals surface area contributed by atoms with Crippen molar-refractivity contribution in [3.63, 3.8) is 0 Å². The Labute approximate surface area is 203 Å². The van der Waals surface area contributed by atoms with Gasteiger partial charge in [0.25, 0.3) is 5.91 Å². The van der Waals surface area contributed by atoms with Gasteiger partial charge in [-0.25, -0.2) is 0 Å². The molecule has 1 saturated carbocycles. The van der Waals surface area contributed by atoms with E-state index in [4.69, 9.17) is 16.3 Å². The molecule has 3 rings (SSSR count). The minimum absolute atomic E-state index is 0.111. The van der Waals surface area contributed by atoms with Crippen LogP contribution in [0.5, 0.6) is 5.75 Å². The number of hydrogen-bond donors (Lipinski definition) is 1. The maximum atomic E-state index is 13.1. The fourth-order valence-corrected chi connectivity index (χ4v) is 4.68. The molecule has 0 aliphatic heterocycles. The SMILES string of the molecule is C[C@@H](C(=O)NC1CCCCC1)N(CCc1ccccc1)C(=O)COc1ccc(Br)cc1Cl. The van der Waals surface area contributed by atoms with Crippen molar-refractivity contribution in [3.8, 4) is 5.75 Å². The zero-order valence-corrected chi connectivity index (χ0v) is 20.7. The van der Waals surface area contributed by atoms with Crippen LogP contribution in [-0.4, -0.2) is 41.9 Å². The second-order valence-electron chi connectivity index (χ2n) is 8.21. The summed E-state index contributed by atoms with van der Waals surface area (Å²) in [5, 5.41) is 3.56. The molecule has 1 aliphatic carbocycles. The Hall–Kier alpha value is -2.05. The lowest BCUT2D eigenvalue weighted by atomic mass is 9.95. The van der Waals surface area contributed by atoms with Crippen molar-refractivity contribution in [2.45, 2.75) is 57.5 Å². The van der Waals surface area contributed by atoms with Gasteiger partial charge in [0.05, 0.1) is 5.02 Å². The van der Waals surface area contributed by atoms with Crippen molar-refractivity contribution >= 4 is 39.3 Å². The van der Waals surface area contributed by atoms with E-state index in [1.165, 1.54) is 6.42 Å². The first-order valence-corrected chi connectivity index (χ1v) is 12.3. The van der Waals surface area contributed by atoms with Crippen molar-refractivity contribution in [1.29, 1.82) is 0 Å². The highest BCUT2D eigenvalue weighted by atomic mass is 79.9. The quantitative estimate of drug-likeness (QED) is 0.481. The van der Waals surface area contributed by atoms with Gasteiger partial charge in [-0.2, -0.15) is 0 Å². The monoisotopic (exact) mass is 520 g/mol. The molecule has 5 nitrogen and oxygen atoms in total. The van der Waals surface area contributed by atoms with Crippen molar-refractivity contribution in [1.82, 2.24) is 10.2 Å². The van der Waals surface area contributed by atoms with E-state index in [0.29, 0.717) is 23.7 Å². The highest BCUT2D eigenvalue weighted by Crippen LogP contribution is 2.27. The molecule has 0 radical (unpaired) electrons. The van der Waals surface area contributed by atoms with Gasteiger partial charge in [-0.3, -0.25) is 9.59 Å². The van der Waals surface area contributed by atoms with Crippen LogP contribution in [0.2, 0.25) is 5.02 Å². The zero-order chi connectivity index (χ0) is 22.9. The lowest BCUT2D eigenvalue weighted by Crippen LogP contribution is -2.52. The van der Waals surface area contributed by atoms with Crippen molar-refractivity contribution < 1.29 is 14.3 Å². The number of ether oxygens (including phenoxy) is 1. The van der Waals surface area contributed by atoms with Crippen LogP contribution in [0.25, 0.3) is 0 Å². The third-order valence-corrected chi connectivity index (χ3v) is 6.64. The van der Waals surface area contributed by atoms with E-state index < -0.39 is 6.04 Å². The van der Waals surface area contributed by atoms with E-state index >= 15 is 0 Å². The van der Waals surface area contributed by atoms with E-state index in [0.717, 1.165) is 35.7 Å². The van der Waals surface area contributed by atoms with Crippen molar-refractivity contribution in [2.24, 2.45) is 0 Å². The summed E-state index contributed by atoms with van der Waals surface area (Å²) in [4.78, 5) is 27.7. The van der Waals surface area contributed by atoms with E-state index in [2.05, 4.69) is 21.2 Å². The number of nitrogens with one attached hydrogen (secondary N) is 1. The second-order valence-corrected chi connectivity index (χ2v) is 9.53. The van der Waals surface area contributed by atoms with E-state index in [-0.39, 0.29) is 24.5 Å². The number of halogens is 2. The number of hydrogen-bond acceptors (Lipinski definition) is 3. The lowest BCUT2D eigenvalue weighted by Gasteiger charge is -2.31. The fourth-order valence-electron chi connectivity index (χ4n) is 3.95. The van der Waals surface area contributed by atoms with Gasteiger partial charge >= 0.3 is 0 Å². The Kier molecular flexibility index (Phi) is 9.42. The smallest absolute Gasteiger partial charge is 0.261 e. The molecule has 2 aromatic rings. The molecule has 1 fully saturated rings. The third-order valence-electron chi connectivity index (χ3n) is 5.85. The Morgan fingerprint density at radius 3 is 2.56 bits per heavy atom. The minimum atomic E-state index is -0.586. The Balaban J connectivity index is 1.66. The van der Waals surface area contributed by atoms with E-state index in [1.807, 2.05) is 30.3 Å². The maximum Gasteiger partial charge on any atom is 0.261 e. The standard InChI is InChI=1S/C25H30BrClN2O3/c1-18(25(31)28-21-10-6-3-7-11-21)29(15-14-19-8-4-2-5-9-19)24(30)17-32-23-13-12-20(26)16-22(23)27/h2,4-5,8-9,12-13,16,18,21H,3,6-7,10-11,14-15,17H2,1H3,(H,28,31)/t18-/m0/s1. The average molecular weight is 522 g/mol. The summed E-state index contributed by atoms with van der Waals surface area (Å²) in [5.74, 6) is 0.0803. The molecule has 2 amide bonds. The number of carbonyl (C=O) groups excluding carboxylic acids is 2. The molecule has 0 spiro atoms. The summed E-state index contributed by atoms with van der Waals surface area (Å²) in [6, 6.07) is 14.8. The molecule has 1 N–H and O–H groups in total. The molecular weight excluding hydrogens is 492 g/mol. The van der Waals surface area contributed by atoms with E-state index in [1.54, 1.807) is 30.0 Å². The number of benzene rings is 2. The molecule has 32 heavy (non-hydrogen) atoms. The van der Waals surface area contributed by atoms with Crippen LogP contribution >= 0.6 is 27.5 Å². The highest BCUT2D eigenvalue weighted by Gasteiger charge is 2.28. The molecule has 1 aliphatic rings. The van der Waals surface area contributed by atoms with Gasteiger partial charge in [-0.1, -0.05) is 77.1 Å². The second kappa shape index (κ2) is 12.3. The van der Waals surface area contributed by atoms with Crippen LogP contribution in [-0.2, 0) is 16.0 Å². The van der Waals surface area contributed by atoms with Crippen LogP contribution in [0.4, 0.5) is 0 Å². The van der Waals surface area contributed by atoms with E-state index in [9.17, 15) is 9.59 Å². The molecule has 0 unspecified atom stereocenters. The Bertz CT molecular complexity index is 903. The number of nitrogens with zero attached hydrogens (tertiary/aromatic N) is 1. The molecular formula is C25H30BrClN2O3. The molecule has 2 aromatic carbocycles. The fraction of sp³-hybridized carbons (Fsp3) is 0.440. The molecule has 7 heteroatoms. The summed E-state index contributed by atoms with van der Waals surface area (Å²) < 4.78 is 6.52. The first-order valence-electron chi connectivity index (χ1n) is 11.2. The maximum absolute atomic E-state index is 13.1.